The molecule has 0 aromatic heterocycles. The third-order valence-electron chi connectivity index (χ3n) is 5.11. The first kappa shape index (κ1) is 17.3. The molecule has 3 rings (SSSR count). The molecule has 1 aliphatic carbocycles. The number of unbranched alkanes of at least 4 members (excludes halogenated alkanes) is 2. The molecule has 132 valence electrons. The molecule has 2 aliphatic rings. The van der Waals surface area contributed by atoms with Crippen molar-refractivity contribution in [1.29, 1.82) is 0 Å². The summed E-state index contributed by atoms with van der Waals surface area (Å²) < 4.78 is 11.6. The fourth-order valence-electron chi connectivity index (χ4n) is 3.75. The van der Waals surface area contributed by atoms with Gasteiger partial charge in [-0.3, -0.25) is 4.79 Å². The lowest BCUT2D eigenvalue weighted by atomic mass is 9.89. The number of amides is 1. The van der Waals surface area contributed by atoms with Crippen LogP contribution in [0, 0.1) is 0 Å². The van der Waals surface area contributed by atoms with Gasteiger partial charge >= 0.3 is 0 Å². The molecule has 4 heteroatoms. The first-order chi connectivity index (χ1) is 11.8. The third-order valence-corrected chi connectivity index (χ3v) is 5.11. The zero-order chi connectivity index (χ0) is 16.8. The van der Waals surface area contributed by atoms with E-state index in [2.05, 4.69) is 6.92 Å². The zero-order valence-corrected chi connectivity index (χ0v) is 14.7. The smallest absolute Gasteiger partial charge is 0.254 e. The molecular formula is C20H29NO3. The predicted molar refractivity (Wildman–Crippen MR) is 94.5 cm³/mol. The number of carbonyl (C=O) groups excluding carboxylic acids is 1. The van der Waals surface area contributed by atoms with Crippen LogP contribution in [0.15, 0.2) is 24.3 Å². The van der Waals surface area contributed by atoms with Gasteiger partial charge in [0.05, 0.1) is 25.4 Å². The van der Waals surface area contributed by atoms with Crippen molar-refractivity contribution >= 4 is 5.91 Å². The van der Waals surface area contributed by atoms with Crippen LogP contribution in [0.5, 0.6) is 5.75 Å². The summed E-state index contributed by atoms with van der Waals surface area (Å²) in [5.74, 6) is 0.980. The quantitative estimate of drug-likeness (QED) is 0.739. The van der Waals surface area contributed by atoms with E-state index in [1.165, 1.54) is 25.7 Å². The summed E-state index contributed by atoms with van der Waals surface area (Å²) >= 11 is 0. The van der Waals surface area contributed by atoms with Crippen molar-refractivity contribution in [3.8, 4) is 5.75 Å². The van der Waals surface area contributed by atoms with Gasteiger partial charge in [-0.25, -0.2) is 0 Å². The van der Waals surface area contributed by atoms with Gasteiger partial charge in [-0.05, 0) is 43.5 Å². The molecule has 2 unspecified atom stereocenters. The van der Waals surface area contributed by atoms with Crippen LogP contribution >= 0.6 is 0 Å². The number of fused-ring (bicyclic) bond motifs is 1. The van der Waals surface area contributed by atoms with E-state index in [1.807, 2.05) is 29.2 Å². The van der Waals surface area contributed by atoms with Gasteiger partial charge in [0.2, 0.25) is 0 Å². The van der Waals surface area contributed by atoms with Crippen LogP contribution in [-0.4, -0.2) is 42.7 Å². The molecule has 1 aromatic rings. The highest BCUT2D eigenvalue weighted by Gasteiger charge is 2.36. The highest BCUT2D eigenvalue weighted by atomic mass is 16.5. The average Bonchev–Trinajstić information content (AvgIpc) is 2.65. The number of morpholine rings is 1. The van der Waals surface area contributed by atoms with Crippen LogP contribution in [0.1, 0.15) is 62.2 Å². The van der Waals surface area contributed by atoms with E-state index in [9.17, 15) is 4.79 Å². The summed E-state index contributed by atoms with van der Waals surface area (Å²) in [5, 5.41) is 0. The van der Waals surface area contributed by atoms with E-state index >= 15 is 0 Å². The van der Waals surface area contributed by atoms with Crippen molar-refractivity contribution in [1.82, 2.24) is 4.90 Å². The minimum absolute atomic E-state index is 0.132. The topological polar surface area (TPSA) is 38.8 Å². The molecule has 2 atom stereocenters. The molecule has 4 nitrogen and oxygen atoms in total. The van der Waals surface area contributed by atoms with Gasteiger partial charge in [-0.1, -0.05) is 32.6 Å². The van der Waals surface area contributed by atoms with Crippen LogP contribution in [0.4, 0.5) is 0 Å². The van der Waals surface area contributed by atoms with Crippen molar-refractivity contribution in [2.24, 2.45) is 0 Å². The minimum Gasteiger partial charge on any atom is -0.494 e. The molecule has 24 heavy (non-hydrogen) atoms. The Morgan fingerprint density at radius 3 is 2.79 bits per heavy atom. The lowest BCUT2D eigenvalue weighted by Crippen LogP contribution is -2.54. The first-order valence-electron chi connectivity index (χ1n) is 9.45. The molecule has 1 saturated heterocycles. The van der Waals surface area contributed by atoms with E-state index in [1.54, 1.807) is 0 Å². The fourth-order valence-corrected chi connectivity index (χ4v) is 3.75. The van der Waals surface area contributed by atoms with E-state index in [-0.39, 0.29) is 18.1 Å². The molecule has 0 bridgehead atoms. The van der Waals surface area contributed by atoms with Crippen LogP contribution in [0.2, 0.25) is 0 Å². The lowest BCUT2D eigenvalue weighted by Gasteiger charge is -2.43. The lowest BCUT2D eigenvalue weighted by molar-refractivity contribution is -0.0752. The molecule has 1 aliphatic heterocycles. The molecule has 1 saturated carbocycles. The van der Waals surface area contributed by atoms with Gasteiger partial charge in [0.25, 0.3) is 5.91 Å². The third kappa shape index (κ3) is 4.10. The summed E-state index contributed by atoms with van der Waals surface area (Å²) in [6, 6.07) is 7.87. The largest absolute Gasteiger partial charge is 0.494 e. The number of ether oxygens (including phenoxy) is 2. The number of benzene rings is 1. The number of hydrogen-bond acceptors (Lipinski definition) is 3. The summed E-state index contributed by atoms with van der Waals surface area (Å²) in [6.45, 7) is 4.29. The van der Waals surface area contributed by atoms with Crippen molar-refractivity contribution in [2.45, 2.75) is 64.0 Å². The van der Waals surface area contributed by atoms with Crippen molar-refractivity contribution < 1.29 is 14.3 Å². The summed E-state index contributed by atoms with van der Waals surface area (Å²) in [7, 11) is 0. The Bertz CT molecular complexity index is 526. The van der Waals surface area contributed by atoms with E-state index in [0.717, 1.165) is 37.2 Å². The number of nitrogens with zero attached hydrogens (tertiary/aromatic N) is 1. The Balaban J connectivity index is 1.59. The van der Waals surface area contributed by atoms with Crippen LogP contribution in [0.25, 0.3) is 0 Å². The second kappa shape index (κ2) is 8.52. The van der Waals surface area contributed by atoms with Crippen molar-refractivity contribution in [3.63, 3.8) is 0 Å². The van der Waals surface area contributed by atoms with E-state index in [4.69, 9.17) is 9.47 Å². The van der Waals surface area contributed by atoms with Crippen molar-refractivity contribution in [2.75, 3.05) is 19.8 Å². The maximum Gasteiger partial charge on any atom is 0.254 e. The Kier molecular flexibility index (Phi) is 6.13. The SMILES string of the molecule is CCCCCOc1ccc(C(=O)N2CCOC3CCCCC32)cc1. The predicted octanol–water partition coefficient (Wildman–Crippen LogP) is 4.04. The van der Waals surface area contributed by atoms with E-state index < -0.39 is 0 Å². The Labute approximate surface area is 145 Å². The van der Waals surface area contributed by atoms with Gasteiger partial charge in [-0.2, -0.15) is 0 Å². The number of carbonyl (C=O) groups is 1. The Hall–Kier alpha value is -1.55. The number of hydrogen-bond donors (Lipinski definition) is 0. The summed E-state index contributed by atoms with van der Waals surface area (Å²) in [5.41, 5.74) is 0.752. The van der Waals surface area contributed by atoms with Crippen LogP contribution in [0.3, 0.4) is 0 Å². The van der Waals surface area contributed by atoms with Gasteiger partial charge in [0.15, 0.2) is 0 Å². The van der Waals surface area contributed by atoms with Gasteiger partial charge in [0.1, 0.15) is 5.75 Å². The molecule has 1 amide bonds. The normalized spacial score (nSPS) is 23.6. The van der Waals surface area contributed by atoms with Gasteiger partial charge in [0, 0.05) is 12.1 Å². The maximum absolute atomic E-state index is 12.9. The highest BCUT2D eigenvalue weighted by molar-refractivity contribution is 5.94. The van der Waals surface area contributed by atoms with Gasteiger partial charge < -0.3 is 14.4 Å². The van der Waals surface area contributed by atoms with Gasteiger partial charge in [-0.15, -0.1) is 0 Å². The Morgan fingerprint density at radius 1 is 1.21 bits per heavy atom. The van der Waals surface area contributed by atoms with Crippen LogP contribution in [-0.2, 0) is 4.74 Å². The molecular weight excluding hydrogens is 302 g/mol. The van der Waals surface area contributed by atoms with Crippen molar-refractivity contribution in [3.05, 3.63) is 29.8 Å². The average molecular weight is 331 g/mol. The first-order valence-corrected chi connectivity index (χ1v) is 9.45. The summed E-state index contributed by atoms with van der Waals surface area (Å²) in [4.78, 5) is 14.9. The van der Waals surface area contributed by atoms with Crippen LogP contribution < -0.4 is 4.74 Å². The fraction of sp³-hybridized carbons (Fsp3) is 0.650. The molecule has 0 N–H and O–H groups in total. The monoisotopic (exact) mass is 331 g/mol. The maximum atomic E-state index is 12.9. The second-order valence-electron chi connectivity index (χ2n) is 6.84. The standard InChI is InChI=1S/C20H29NO3/c1-2-3-6-14-23-17-11-9-16(10-12-17)20(22)21-13-15-24-19-8-5-4-7-18(19)21/h9-12,18-19H,2-8,13-15H2,1H3. The summed E-state index contributed by atoms with van der Waals surface area (Å²) in [6.07, 6.45) is 8.25. The zero-order valence-electron chi connectivity index (χ0n) is 14.7. The molecule has 1 heterocycles. The molecule has 0 radical (unpaired) electrons. The highest BCUT2D eigenvalue weighted by Crippen LogP contribution is 2.29. The molecule has 1 aromatic carbocycles. The minimum atomic E-state index is 0.132. The number of rotatable bonds is 6. The molecule has 0 spiro atoms. The molecule has 2 fully saturated rings. The Morgan fingerprint density at radius 2 is 2.00 bits per heavy atom. The van der Waals surface area contributed by atoms with E-state index in [0.29, 0.717) is 13.2 Å². The second-order valence-corrected chi connectivity index (χ2v) is 6.84.